The van der Waals surface area contributed by atoms with Crippen LogP contribution in [0, 0.1) is 11.3 Å². The van der Waals surface area contributed by atoms with Crippen LogP contribution in [0.3, 0.4) is 0 Å². The van der Waals surface area contributed by atoms with Crippen LogP contribution in [0.1, 0.15) is 19.7 Å². The number of ether oxygens (including phenoxy) is 1. The van der Waals surface area contributed by atoms with Crippen molar-refractivity contribution in [2.45, 2.75) is 32.6 Å². The van der Waals surface area contributed by atoms with Gasteiger partial charge in [-0.1, -0.05) is 0 Å². The molecule has 0 aromatic carbocycles. The molecule has 6 heteroatoms. The molecule has 0 radical (unpaired) electrons. The first-order valence-corrected chi connectivity index (χ1v) is 4.71. The molecule has 0 amide bonds. The van der Waals surface area contributed by atoms with Gasteiger partial charge in [-0.15, -0.1) is 5.10 Å². The van der Waals surface area contributed by atoms with E-state index in [-0.39, 0.29) is 25.1 Å². The van der Waals surface area contributed by atoms with Crippen LogP contribution in [-0.4, -0.2) is 38.7 Å². The van der Waals surface area contributed by atoms with Gasteiger partial charge in [-0.05, 0) is 13.8 Å². The third-order valence-corrected chi connectivity index (χ3v) is 1.66. The van der Waals surface area contributed by atoms with Crippen LogP contribution in [0.5, 0.6) is 0 Å². The van der Waals surface area contributed by atoms with Crippen molar-refractivity contribution in [3.63, 3.8) is 0 Å². The third kappa shape index (κ3) is 4.06. The Hall–Kier alpha value is -1.45. The van der Waals surface area contributed by atoms with Gasteiger partial charge in [0, 0.05) is 0 Å². The second-order valence-corrected chi connectivity index (χ2v) is 3.44. The van der Waals surface area contributed by atoms with Crippen LogP contribution in [0.2, 0.25) is 0 Å². The van der Waals surface area contributed by atoms with Gasteiger partial charge in [0.1, 0.15) is 12.4 Å². The Morgan fingerprint density at radius 3 is 2.93 bits per heavy atom. The topological polar surface area (TPSA) is 84.0 Å². The summed E-state index contributed by atoms with van der Waals surface area (Å²) >= 11 is 0. The highest BCUT2D eigenvalue weighted by molar-refractivity contribution is 5.05. The maximum absolute atomic E-state index is 9.54. The summed E-state index contributed by atoms with van der Waals surface area (Å²) in [5.41, 5.74) is 0. The monoisotopic (exact) mass is 210 g/mol. The van der Waals surface area contributed by atoms with Crippen LogP contribution in [-0.2, 0) is 11.3 Å². The molecule has 0 bridgehead atoms. The van der Waals surface area contributed by atoms with Gasteiger partial charge in [0.25, 0.3) is 5.82 Å². The third-order valence-electron chi connectivity index (χ3n) is 1.66. The largest absolute Gasteiger partial charge is 0.389 e. The minimum absolute atomic E-state index is 0.0880. The van der Waals surface area contributed by atoms with Gasteiger partial charge in [0.2, 0.25) is 0 Å². The number of aliphatic hydroxyl groups excluding tert-OH is 1. The fourth-order valence-corrected chi connectivity index (χ4v) is 1.01. The van der Waals surface area contributed by atoms with Crippen LogP contribution in [0.25, 0.3) is 0 Å². The van der Waals surface area contributed by atoms with Crippen LogP contribution in [0.4, 0.5) is 0 Å². The Kier molecular flexibility index (Phi) is 4.21. The summed E-state index contributed by atoms with van der Waals surface area (Å²) in [6.45, 7) is 4.33. The summed E-state index contributed by atoms with van der Waals surface area (Å²) < 4.78 is 6.66. The molecular formula is C9H14N4O2. The zero-order valence-electron chi connectivity index (χ0n) is 8.79. The maximum atomic E-state index is 9.54. The van der Waals surface area contributed by atoms with Crippen LogP contribution >= 0.6 is 0 Å². The molecule has 1 atom stereocenters. The van der Waals surface area contributed by atoms with Gasteiger partial charge in [-0.25, -0.2) is 9.67 Å². The van der Waals surface area contributed by atoms with Gasteiger partial charge in [-0.2, -0.15) is 5.26 Å². The maximum Gasteiger partial charge on any atom is 0.252 e. The molecule has 1 N–H and O–H groups in total. The lowest BCUT2D eigenvalue weighted by molar-refractivity contribution is -0.00206. The lowest BCUT2D eigenvalue weighted by Gasteiger charge is -2.12. The Bertz CT molecular complexity index is 342. The molecular weight excluding hydrogens is 196 g/mol. The average Bonchev–Trinajstić information content (AvgIpc) is 2.62. The summed E-state index contributed by atoms with van der Waals surface area (Å²) in [5, 5.41) is 21.8. The predicted molar refractivity (Wildman–Crippen MR) is 51.8 cm³/mol. The lowest BCUT2D eigenvalue weighted by Crippen LogP contribution is -2.24. The van der Waals surface area contributed by atoms with E-state index in [4.69, 9.17) is 10.00 Å². The number of hydrogen-bond acceptors (Lipinski definition) is 5. The van der Waals surface area contributed by atoms with Crippen molar-refractivity contribution >= 4 is 0 Å². The van der Waals surface area contributed by atoms with Gasteiger partial charge in [0.15, 0.2) is 0 Å². The summed E-state index contributed by atoms with van der Waals surface area (Å²) in [4.78, 5) is 3.72. The van der Waals surface area contributed by atoms with Crippen molar-refractivity contribution in [3.8, 4) is 6.07 Å². The highest BCUT2D eigenvalue weighted by Gasteiger charge is 2.08. The molecule has 6 nitrogen and oxygen atoms in total. The molecule has 15 heavy (non-hydrogen) atoms. The Balaban J connectivity index is 2.38. The number of hydrogen-bond donors (Lipinski definition) is 1. The van der Waals surface area contributed by atoms with E-state index in [1.165, 1.54) is 11.0 Å². The summed E-state index contributed by atoms with van der Waals surface area (Å²) in [6.07, 6.45) is 0.864. The van der Waals surface area contributed by atoms with Crippen molar-refractivity contribution in [1.29, 1.82) is 5.26 Å². The summed E-state index contributed by atoms with van der Waals surface area (Å²) in [7, 11) is 0. The number of rotatable bonds is 5. The molecule has 0 aliphatic carbocycles. The molecule has 0 spiro atoms. The molecule has 0 saturated carbocycles. The molecule has 1 unspecified atom stereocenters. The normalized spacial score (nSPS) is 12.7. The van der Waals surface area contributed by atoms with Gasteiger partial charge >= 0.3 is 0 Å². The lowest BCUT2D eigenvalue weighted by atomic mass is 10.4. The highest BCUT2D eigenvalue weighted by Crippen LogP contribution is 1.95. The van der Waals surface area contributed by atoms with E-state index in [1.807, 2.05) is 19.9 Å². The van der Waals surface area contributed by atoms with Gasteiger partial charge in [-0.3, -0.25) is 0 Å². The van der Waals surface area contributed by atoms with Crippen LogP contribution < -0.4 is 0 Å². The molecule has 0 fully saturated rings. The molecule has 1 aromatic heterocycles. The highest BCUT2D eigenvalue weighted by atomic mass is 16.5. The molecule has 0 aliphatic rings. The first-order valence-electron chi connectivity index (χ1n) is 4.71. The van der Waals surface area contributed by atoms with E-state index >= 15 is 0 Å². The first-order chi connectivity index (χ1) is 7.11. The number of aromatic nitrogens is 3. The molecule has 0 saturated heterocycles. The molecule has 1 aromatic rings. The fourth-order valence-electron chi connectivity index (χ4n) is 1.01. The standard InChI is InChI=1S/C9H14N4O2/c1-7(2)15-5-8(14)4-13-6-11-9(3-10)12-13/h6-8,14H,4-5H2,1-2H3. The zero-order valence-corrected chi connectivity index (χ0v) is 8.79. The predicted octanol–water partition coefficient (Wildman–Crippen LogP) is -0.0643. The number of aliphatic hydroxyl groups is 1. The second-order valence-electron chi connectivity index (χ2n) is 3.44. The fraction of sp³-hybridized carbons (Fsp3) is 0.667. The van der Waals surface area contributed by atoms with E-state index < -0.39 is 6.10 Å². The van der Waals surface area contributed by atoms with E-state index in [2.05, 4.69) is 10.1 Å². The quantitative estimate of drug-likeness (QED) is 0.735. The van der Waals surface area contributed by atoms with Gasteiger partial charge < -0.3 is 9.84 Å². The summed E-state index contributed by atoms with van der Waals surface area (Å²) in [5.74, 6) is 0.104. The van der Waals surface area contributed by atoms with E-state index in [1.54, 1.807) is 0 Å². The Morgan fingerprint density at radius 2 is 2.40 bits per heavy atom. The molecule has 1 rings (SSSR count). The van der Waals surface area contributed by atoms with Crippen molar-refractivity contribution in [1.82, 2.24) is 14.8 Å². The van der Waals surface area contributed by atoms with Crippen molar-refractivity contribution in [2.75, 3.05) is 6.61 Å². The minimum Gasteiger partial charge on any atom is -0.389 e. The number of nitrogens with zero attached hydrogens (tertiary/aromatic N) is 4. The summed E-state index contributed by atoms with van der Waals surface area (Å²) in [6, 6.07) is 1.81. The van der Waals surface area contributed by atoms with E-state index in [9.17, 15) is 5.11 Å². The SMILES string of the molecule is CC(C)OCC(O)Cn1cnc(C#N)n1. The minimum atomic E-state index is -0.638. The smallest absolute Gasteiger partial charge is 0.252 e. The average molecular weight is 210 g/mol. The molecule has 82 valence electrons. The molecule has 0 aliphatic heterocycles. The Labute approximate surface area is 88.1 Å². The molecule has 1 heterocycles. The van der Waals surface area contributed by atoms with E-state index in [0.717, 1.165) is 0 Å². The van der Waals surface area contributed by atoms with Crippen molar-refractivity contribution in [2.24, 2.45) is 0 Å². The van der Waals surface area contributed by atoms with Crippen molar-refractivity contribution < 1.29 is 9.84 Å². The number of nitriles is 1. The van der Waals surface area contributed by atoms with E-state index in [0.29, 0.717) is 0 Å². The second kappa shape index (κ2) is 5.44. The van der Waals surface area contributed by atoms with Crippen LogP contribution in [0.15, 0.2) is 6.33 Å². The first kappa shape index (κ1) is 11.6. The zero-order chi connectivity index (χ0) is 11.3. The van der Waals surface area contributed by atoms with Gasteiger partial charge in [0.05, 0.1) is 25.4 Å². The van der Waals surface area contributed by atoms with Crippen molar-refractivity contribution in [3.05, 3.63) is 12.2 Å². The Morgan fingerprint density at radius 1 is 1.67 bits per heavy atom.